The molecule has 7 heteroatoms. The van der Waals surface area contributed by atoms with Crippen LogP contribution in [0.15, 0.2) is 36.4 Å². The summed E-state index contributed by atoms with van der Waals surface area (Å²) in [4.78, 5) is 19.3. The van der Waals surface area contributed by atoms with Gasteiger partial charge in [0, 0.05) is 6.54 Å². The molecule has 3 aromatic rings. The average molecular weight is 364 g/mol. The summed E-state index contributed by atoms with van der Waals surface area (Å²) in [6.45, 7) is 2.66. The second-order valence-electron chi connectivity index (χ2n) is 5.14. The number of H-pyrrole nitrogens is 1. The second kappa shape index (κ2) is 7.11. The van der Waals surface area contributed by atoms with Gasteiger partial charge >= 0.3 is 5.97 Å². The SMILES string of the molecule is CCOC(=O)c1ccc2nc(NCc3ccc(Cl)c(Cl)c3)[nH]c2c1. The highest BCUT2D eigenvalue weighted by atomic mass is 35.5. The molecule has 5 nitrogen and oxygen atoms in total. The zero-order valence-electron chi connectivity index (χ0n) is 12.9. The van der Waals surface area contributed by atoms with Crippen molar-refractivity contribution in [2.75, 3.05) is 11.9 Å². The van der Waals surface area contributed by atoms with Crippen molar-refractivity contribution >= 4 is 46.2 Å². The summed E-state index contributed by atoms with van der Waals surface area (Å²) in [6.07, 6.45) is 0. The van der Waals surface area contributed by atoms with Gasteiger partial charge in [0.05, 0.1) is 33.2 Å². The van der Waals surface area contributed by atoms with E-state index in [4.69, 9.17) is 27.9 Å². The highest BCUT2D eigenvalue weighted by molar-refractivity contribution is 6.42. The fourth-order valence-corrected chi connectivity index (χ4v) is 2.59. The summed E-state index contributed by atoms with van der Waals surface area (Å²) >= 11 is 11.9. The van der Waals surface area contributed by atoms with Gasteiger partial charge in [0.2, 0.25) is 5.95 Å². The van der Waals surface area contributed by atoms with E-state index in [2.05, 4.69) is 15.3 Å². The van der Waals surface area contributed by atoms with Crippen LogP contribution in [0.2, 0.25) is 10.0 Å². The first-order valence-electron chi connectivity index (χ1n) is 7.41. The van der Waals surface area contributed by atoms with Crippen LogP contribution in [0.3, 0.4) is 0 Å². The van der Waals surface area contributed by atoms with Crippen LogP contribution >= 0.6 is 23.2 Å². The molecule has 0 amide bonds. The molecule has 0 radical (unpaired) electrons. The minimum absolute atomic E-state index is 0.344. The predicted molar refractivity (Wildman–Crippen MR) is 95.8 cm³/mol. The van der Waals surface area contributed by atoms with Crippen molar-refractivity contribution in [3.05, 3.63) is 57.6 Å². The number of fused-ring (bicyclic) bond motifs is 1. The van der Waals surface area contributed by atoms with Crippen LogP contribution in [0, 0.1) is 0 Å². The second-order valence-corrected chi connectivity index (χ2v) is 5.95. The first-order valence-corrected chi connectivity index (χ1v) is 8.17. The van der Waals surface area contributed by atoms with Crippen molar-refractivity contribution in [2.45, 2.75) is 13.5 Å². The number of carbonyl (C=O) groups is 1. The zero-order chi connectivity index (χ0) is 17.1. The summed E-state index contributed by atoms with van der Waals surface area (Å²) in [6, 6.07) is 10.7. The molecule has 0 aliphatic rings. The smallest absolute Gasteiger partial charge is 0.338 e. The summed E-state index contributed by atoms with van der Waals surface area (Å²) in [5.74, 6) is 0.261. The van der Waals surface area contributed by atoms with E-state index in [1.54, 1.807) is 37.3 Å². The van der Waals surface area contributed by atoms with Gasteiger partial charge in [0.15, 0.2) is 0 Å². The molecule has 1 aromatic heterocycles. The number of halogens is 2. The van der Waals surface area contributed by atoms with Gasteiger partial charge in [-0.15, -0.1) is 0 Å². The minimum Gasteiger partial charge on any atom is -0.462 e. The number of nitrogens with one attached hydrogen (secondary N) is 2. The number of anilines is 1. The van der Waals surface area contributed by atoms with E-state index in [9.17, 15) is 4.79 Å². The molecule has 3 rings (SSSR count). The van der Waals surface area contributed by atoms with Crippen molar-refractivity contribution in [1.29, 1.82) is 0 Å². The van der Waals surface area contributed by atoms with E-state index in [0.717, 1.165) is 16.6 Å². The first kappa shape index (κ1) is 16.6. The molecule has 2 N–H and O–H groups in total. The number of aromatic nitrogens is 2. The molecule has 1 heterocycles. The Labute approximate surface area is 148 Å². The van der Waals surface area contributed by atoms with Gasteiger partial charge < -0.3 is 15.0 Å². The molecule has 0 atom stereocenters. The molecule has 0 saturated heterocycles. The van der Waals surface area contributed by atoms with Crippen molar-refractivity contribution in [3.8, 4) is 0 Å². The number of hydrogen-bond acceptors (Lipinski definition) is 4. The van der Waals surface area contributed by atoms with Crippen LogP contribution in [0.1, 0.15) is 22.8 Å². The zero-order valence-corrected chi connectivity index (χ0v) is 14.4. The minimum atomic E-state index is -0.348. The topological polar surface area (TPSA) is 67.0 Å². The summed E-state index contributed by atoms with van der Waals surface area (Å²) in [5.41, 5.74) is 3.00. The Balaban J connectivity index is 1.75. The van der Waals surface area contributed by atoms with Gasteiger partial charge in [-0.25, -0.2) is 9.78 Å². The molecule has 0 spiro atoms. The van der Waals surface area contributed by atoms with Crippen LogP contribution in [-0.2, 0) is 11.3 Å². The molecular weight excluding hydrogens is 349 g/mol. The number of nitrogens with zero attached hydrogens (tertiary/aromatic N) is 1. The number of carbonyl (C=O) groups excluding carboxylic acids is 1. The lowest BCUT2D eigenvalue weighted by atomic mass is 10.2. The Morgan fingerprint density at radius 3 is 2.79 bits per heavy atom. The number of ether oxygens (including phenoxy) is 1. The average Bonchev–Trinajstić information content (AvgIpc) is 2.98. The van der Waals surface area contributed by atoms with Gasteiger partial charge in [-0.2, -0.15) is 0 Å². The van der Waals surface area contributed by atoms with Crippen molar-refractivity contribution in [1.82, 2.24) is 9.97 Å². The molecule has 124 valence electrons. The van der Waals surface area contributed by atoms with Crippen molar-refractivity contribution in [2.24, 2.45) is 0 Å². The molecule has 0 unspecified atom stereocenters. The van der Waals surface area contributed by atoms with Crippen molar-refractivity contribution < 1.29 is 9.53 Å². The quantitative estimate of drug-likeness (QED) is 0.647. The Morgan fingerprint density at radius 2 is 2.04 bits per heavy atom. The lowest BCUT2D eigenvalue weighted by Gasteiger charge is -2.04. The van der Waals surface area contributed by atoms with Gasteiger partial charge in [0.25, 0.3) is 0 Å². The Kier molecular flexibility index (Phi) is 4.92. The molecule has 0 saturated carbocycles. The molecular formula is C17H15Cl2N3O2. The van der Waals surface area contributed by atoms with Crippen LogP contribution in [0.4, 0.5) is 5.95 Å². The van der Waals surface area contributed by atoms with Crippen molar-refractivity contribution in [3.63, 3.8) is 0 Å². The monoisotopic (exact) mass is 363 g/mol. The van der Waals surface area contributed by atoms with E-state index in [0.29, 0.717) is 34.7 Å². The Bertz CT molecular complexity index is 893. The largest absolute Gasteiger partial charge is 0.462 e. The molecule has 0 fully saturated rings. The molecule has 0 bridgehead atoms. The van der Waals surface area contributed by atoms with E-state index in [-0.39, 0.29) is 5.97 Å². The number of imidazole rings is 1. The number of rotatable bonds is 5. The van der Waals surface area contributed by atoms with Crippen LogP contribution in [-0.4, -0.2) is 22.5 Å². The highest BCUT2D eigenvalue weighted by Crippen LogP contribution is 2.23. The van der Waals surface area contributed by atoms with Gasteiger partial charge in [-0.1, -0.05) is 29.3 Å². The molecule has 0 aliphatic carbocycles. The molecule has 0 aliphatic heterocycles. The van der Waals surface area contributed by atoms with E-state index < -0.39 is 0 Å². The number of esters is 1. The maximum Gasteiger partial charge on any atom is 0.338 e. The Morgan fingerprint density at radius 1 is 1.21 bits per heavy atom. The van der Waals surface area contributed by atoms with Gasteiger partial charge in [-0.05, 0) is 42.8 Å². The third-order valence-electron chi connectivity index (χ3n) is 3.44. The fourth-order valence-electron chi connectivity index (χ4n) is 2.27. The standard InChI is InChI=1S/C17H15Cl2N3O2/c1-2-24-16(23)11-4-6-14-15(8-11)22-17(21-14)20-9-10-3-5-12(18)13(19)7-10/h3-8H,2,9H2,1H3,(H2,20,21,22). The number of aromatic amines is 1. The first-order chi connectivity index (χ1) is 11.6. The lowest BCUT2D eigenvalue weighted by molar-refractivity contribution is 0.0526. The lowest BCUT2D eigenvalue weighted by Crippen LogP contribution is -2.04. The predicted octanol–water partition coefficient (Wildman–Crippen LogP) is 4.66. The highest BCUT2D eigenvalue weighted by Gasteiger charge is 2.09. The molecule has 24 heavy (non-hydrogen) atoms. The van der Waals surface area contributed by atoms with Crippen LogP contribution in [0.5, 0.6) is 0 Å². The van der Waals surface area contributed by atoms with Crippen LogP contribution < -0.4 is 5.32 Å². The number of benzene rings is 2. The maximum atomic E-state index is 11.8. The van der Waals surface area contributed by atoms with Gasteiger partial charge in [0.1, 0.15) is 0 Å². The fraction of sp³-hybridized carbons (Fsp3) is 0.176. The molecule has 2 aromatic carbocycles. The number of hydrogen-bond donors (Lipinski definition) is 2. The summed E-state index contributed by atoms with van der Waals surface area (Å²) in [7, 11) is 0. The van der Waals surface area contributed by atoms with Gasteiger partial charge in [-0.3, -0.25) is 0 Å². The third-order valence-corrected chi connectivity index (χ3v) is 4.18. The normalized spacial score (nSPS) is 10.8. The van der Waals surface area contributed by atoms with E-state index >= 15 is 0 Å². The van der Waals surface area contributed by atoms with E-state index in [1.165, 1.54) is 0 Å². The maximum absolute atomic E-state index is 11.8. The van der Waals surface area contributed by atoms with Crippen LogP contribution in [0.25, 0.3) is 11.0 Å². The van der Waals surface area contributed by atoms with E-state index in [1.807, 2.05) is 6.07 Å². The Hall–Kier alpha value is -2.24. The third kappa shape index (κ3) is 3.63. The summed E-state index contributed by atoms with van der Waals surface area (Å²) < 4.78 is 5.00. The summed E-state index contributed by atoms with van der Waals surface area (Å²) in [5, 5.41) is 4.22.